The van der Waals surface area contributed by atoms with Crippen LogP contribution in [0.5, 0.6) is 0 Å². The Hall–Kier alpha value is -3.93. The number of rotatable bonds is 8. The number of nitrogens with one attached hydrogen (secondary N) is 2. The van der Waals surface area contributed by atoms with E-state index in [1.165, 1.54) is 5.69 Å². The first kappa shape index (κ1) is 22.3. The van der Waals surface area contributed by atoms with Gasteiger partial charge >= 0.3 is 0 Å². The maximum Gasteiger partial charge on any atom is 0.287 e. The highest BCUT2D eigenvalue weighted by Crippen LogP contribution is 2.36. The average Bonchev–Trinajstić information content (AvgIpc) is 3.34. The fourth-order valence-electron chi connectivity index (χ4n) is 4.16. The van der Waals surface area contributed by atoms with Gasteiger partial charge in [0, 0.05) is 25.2 Å². The van der Waals surface area contributed by atoms with E-state index in [0.717, 1.165) is 29.8 Å². The smallest absolute Gasteiger partial charge is 0.287 e. The second-order valence-electron chi connectivity index (χ2n) is 7.95. The Morgan fingerprint density at radius 3 is 2.09 bits per heavy atom. The van der Waals surface area contributed by atoms with Crippen LogP contribution >= 0.6 is 0 Å². The summed E-state index contributed by atoms with van der Waals surface area (Å²) >= 11 is 0. The second kappa shape index (κ2) is 10.1. The molecule has 6 heteroatoms. The van der Waals surface area contributed by atoms with E-state index in [1.54, 1.807) is 6.21 Å². The summed E-state index contributed by atoms with van der Waals surface area (Å²) in [6, 6.07) is 28.3. The SMILES string of the molecule is CCN(CC)c1ccc(/C=N\NC(=O)C2=NNC(c3ccccc3)(c3ccccc3)C2)cc1. The topological polar surface area (TPSA) is 69.1 Å². The first-order chi connectivity index (χ1) is 16.2. The molecule has 0 saturated heterocycles. The number of amides is 1. The Bertz CT molecular complexity index is 1080. The normalized spacial score (nSPS) is 14.5. The van der Waals surface area contributed by atoms with Gasteiger partial charge in [-0.25, -0.2) is 5.43 Å². The summed E-state index contributed by atoms with van der Waals surface area (Å²) in [6.45, 7) is 6.20. The maximum absolute atomic E-state index is 12.8. The van der Waals surface area contributed by atoms with Gasteiger partial charge in [0.05, 0.1) is 6.21 Å². The van der Waals surface area contributed by atoms with Gasteiger partial charge in [-0.1, -0.05) is 72.8 Å². The standard InChI is InChI=1S/C27H29N5O/c1-3-32(4-2)24-17-15-21(16-18-24)20-28-30-26(33)25-19-27(31-29-25,22-11-7-5-8-12-22)23-13-9-6-10-14-23/h5-18,20,31H,3-4,19H2,1-2H3,(H,30,33)/b28-20-. The zero-order valence-electron chi connectivity index (χ0n) is 19.0. The zero-order valence-corrected chi connectivity index (χ0v) is 19.0. The molecule has 33 heavy (non-hydrogen) atoms. The summed E-state index contributed by atoms with van der Waals surface area (Å²) in [5.74, 6) is -0.313. The number of carbonyl (C=O) groups excluding carboxylic acids is 1. The highest BCUT2D eigenvalue weighted by molar-refractivity contribution is 6.39. The summed E-state index contributed by atoms with van der Waals surface area (Å²) < 4.78 is 0. The highest BCUT2D eigenvalue weighted by atomic mass is 16.2. The van der Waals surface area contributed by atoms with Crippen molar-refractivity contribution in [1.82, 2.24) is 10.9 Å². The lowest BCUT2D eigenvalue weighted by molar-refractivity contribution is -0.114. The number of nitrogens with zero attached hydrogens (tertiary/aromatic N) is 3. The van der Waals surface area contributed by atoms with E-state index < -0.39 is 5.54 Å². The van der Waals surface area contributed by atoms with Crippen molar-refractivity contribution in [3.05, 3.63) is 102 Å². The minimum Gasteiger partial charge on any atom is -0.372 e. The zero-order chi connectivity index (χ0) is 23.1. The fraction of sp³-hybridized carbons (Fsp3) is 0.222. The van der Waals surface area contributed by atoms with Crippen molar-refractivity contribution in [2.75, 3.05) is 18.0 Å². The third-order valence-corrected chi connectivity index (χ3v) is 6.01. The van der Waals surface area contributed by atoms with Crippen molar-refractivity contribution in [2.45, 2.75) is 25.8 Å². The van der Waals surface area contributed by atoms with Crippen LogP contribution in [0, 0.1) is 0 Å². The van der Waals surface area contributed by atoms with Gasteiger partial charge in [-0.05, 0) is 42.7 Å². The van der Waals surface area contributed by atoms with Crippen LogP contribution in [0.25, 0.3) is 0 Å². The lowest BCUT2D eigenvalue weighted by Gasteiger charge is -2.30. The fourth-order valence-corrected chi connectivity index (χ4v) is 4.16. The molecule has 1 heterocycles. The molecule has 1 aliphatic rings. The van der Waals surface area contributed by atoms with Crippen LogP contribution < -0.4 is 15.8 Å². The largest absolute Gasteiger partial charge is 0.372 e. The minimum absolute atomic E-state index is 0.313. The molecule has 0 aliphatic carbocycles. The monoisotopic (exact) mass is 439 g/mol. The number of hydrogen-bond acceptors (Lipinski definition) is 5. The number of carbonyl (C=O) groups is 1. The third-order valence-electron chi connectivity index (χ3n) is 6.01. The van der Waals surface area contributed by atoms with Gasteiger partial charge in [0.1, 0.15) is 11.3 Å². The summed E-state index contributed by atoms with van der Waals surface area (Å²) in [4.78, 5) is 15.1. The molecule has 1 aliphatic heterocycles. The van der Waals surface area contributed by atoms with E-state index in [9.17, 15) is 4.79 Å². The van der Waals surface area contributed by atoms with Gasteiger partial charge in [0.25, 0.3) is 5.91 Å². The van der Waals surface area contributed by atoms with Gasteiger partial charge in [-0.3, -0.25) is 10.2 Å². The van der Waals surface area contributed by atoms with E-state index in [-0.39, 0.29) is 5.91 Å². The molecule has 3 aromatic carbocycles. The third kappa shape index (κ3) is 4.80. The van der Waals surface area contributed by atoms with Crippen molar-refractivity contribution in [2.24, 2.45) is 10.2 Å². The molecule has 6 nitrogen and oxygen atoms in total. The molecule has 0 radical (unpaired) electrons. The Labute approximate surface area is 195 Å². The number of hydrazone groups is 2. The highest BCUT2D eigenvalue weighted by Gasteiger charge is 2.41. The van der Waals surface area contributed by atoms with Gasteiger partial charge in [-0.2, -0.15) is 10.2 Å². The van der Waals surface area contributed by atoms with Crippen LogP contribution in [0.15, 0.2) is 95.1 Å². The number of anilines is 1. The number of benzene rings is 3. The predicted octanol–water partition coefficient (Wildman–Crippen LogP) is 4.28. The minimum atomic E-state index is -0.584. The quantitative estimate of drug-likeness (QED) is 0.407. The number of hydrogen-bond donors (Lipinski definition) is 2. The Morgan fingerprint density at radius 1 is 0.970 bits per heavy atom. The van der Waals surface area contributed by atoms with Crippen LogP contribution in [0.1, 0.15) is 37.0 Å². The van der Waals surface area contributed by atoms with Gasteiger partial charge < -0.3 is 4.90 Å². The van der Waals surface area contributed by atoms with E-state index in [4.69, 9.17) is 0 Å². The van der Waals surface area contributed by atoms with Crippen LogP contribution in [0.2, 0.25) is 0 Å². The second-order valence-corrected chi connectivity index (χ2v) is 7.95. The summed E-state index contributed by atoms with van der Waals surface area (Å²) in [7, 11) is 0. The molecule has 168 valence electrons. The Kier molecular flexibility index (Phi) is 6.83. The Balaban J connectivity index is 1.44. The lowest BCUT2D eigenvalue weighted by Crippen LogP contribution is -2.38. The summed E-state index contributed by atoms with van der Waals surface area (Å²) in [6.07, 6.45) is 2.08. The van der Waals surface area contributed by atoms with Gasteiger partial charge in [-0.15, -0.1) is 0 Å². The van der Waals surface area contributed by atoms with Gasteiger partial charge in [0.2, 0.25) is 0 Å². The lowest BCUT2D eigenvalue weighted by atomic mass is 9.80. The van der Waals surface area contributed by atoms with E-state index in [0.29, 0.717) is 12.1 Å². The molecule has 4 rings (SSSR count). The van der Waals surface area contributed by atoms with Crippen LogP contribution in [-0.4, -0.2) is 30.9 Å². The summed E-state index contributed by atoms with van der Waals surface area (Å²) in [5.41, 5.74) is 9.89. The van der Waals surface area contributed by atoms with Crippen LogP contribution in [0.4, 0.5) is 5.69 Å². The van der Waals surface area contributed by atoms with Crippen molar-refractivity contribution in [3.8, 4) is 0 Å². The molecule has 0 unspecified atom stereocenters. The summed E-state index contributed by atoms with van der Waals surface area (Å²) in [5, 5.41) is 8.54. The molecular weight excluding hydrogens is 410 g/mol. The van der Waals surface area contributed by atoms with Crippen molar-refractivity contribution >= 4 is 23.5 Å². The van der Waals surface area contributed by atoms with E-state index >= 15 is 0 Å². The molecular formula is C27H29N5O. The van der Waals surface area contributed by atoms with Crippen molar-refractivity contribution in [1.29, 1.82) is 0 Å². The van der Waals surface area contributed by atoms with Crippen molar-refractivity contribution < 1.29 is 4.79 Å². The van der Waals surface area contributed by atoms with Crippen LogP contribution in [-0.2, 0) is 10.3 Å². The van der Waals surface area contributed by atoms with E-state index in [2.05, 4.69) is 76.2 Å². The molecule has 3 aromatic rings. The van der Waals surface area contributed by atoms with E-state index in [1.807, 2.05) is 48.5 Å². The van der Waals surface area contributed by atoms with Gasteiger partial charge in [0.15, 0.2) is 0 Å². The molecule has 0 spiro atoms. The molecule has 0 atom stereocenters. The average molecular weight is 440 g/mol. The first-order valence-corrected chi connectivity index (χ1v) is 11.3. The Morgan fingerprint density at radius 2 is 1.55 bits per heavy atom. The maximum atomic E-state index is 12.8. The molecule has 0 bridgehead atoms. The molecule has 1 amide bonds. The van der Waals surface area contributed by atoms with Crippen molar-refractivity contribution in [3.63, 3.8) is 0 Å². The molecule has 0 aromatic heterocycles. The van der Waals surface area contributed by atoms with Crippen LogP contribution in [0.3, 0.4) is 0 Å². The predicted molar refractivity (Wildman–Crippen MR) is 135 cm³/mol. The first-order valence-electron chi connectivity index (χ1n) is 11.3. The molecule has 2 N–H and O–H groups in total. The molecule has 0 saturated carbocycles. The molecule has 0 fully saturated rings.